The van der Waals surface area contributed by atoms with E-state index in [2.05, 4.69) is 20.7 Å². The van der Waals surface area contributed by atoms with Crippen LogP contribution < -0.4 is 10.6 Å². The van der Waals surface area contributed by atoms with Gasteiger partial charge in [0.2, 0.25) is 11.8 Å². The predicted octanol–water partition coefficient (Wildman–Crippen LogP) is 3.56. The fourth-order valence-corrected chi connectivity index (χ4v) is 3.13. The normalized spacial score (nSPS) is 13.8. The largest absolute Gasteiger partial charge is 0.345 e. The molecule has 30 heavy (non-hydrogen) atoms. The third kappa shape index (κ3) is 9.09. The summed E-state index contributed by atoms with van der Waals surface area (Å²) in [7, 11) is 0. The van der Waals surface area contributed by atoms with E-state index in [1.165, 1.54) is 6.92 Å². The molecule has 0 saturated carbocycles. The smallest absolute Gasteiger partial charge is 0.243 e. The van der Waals surface area contributed by atoms with Crippen LogP contribution in [-0.2, 0) is 20.8 Å². The van der Waals surface area contributed by atoms with Crippen molar-refractivity contribution in [3.8, 4) is 0 Å². The molecule has 1 aromatic rings. The highest BCUT2D eigenvalue weighted by atomic mass is 16.2. The van der Waals surface area contributed by atoms with Crippen LogP contribution in [0.4, 0.5) is 0 Å². The average molecular weight is 416 g/mol. The van der Waals surface area contributed by atoms with Crippen molar-refractivity contribution < 1.29 is 14.4 Å². The Bertz CT molecular complexity index is 757. The Morgan fingerprint density at radius 1 is 0.933 bits per heavy atom. The van der Waals surface area contributed by atoms with Crippen molar-refractivity contribution in [3.05, 3.63) is 46.3 Å². The fraction of sp³-hybridized carbons (Fsp3) is 0.591. The van der Waals surface area contributed by atoms with E-state index in [1.807, 2.05) is 58.0 Å². The minimum absolute atomic E-state index is 0.122. The van der Waals surface area contributed by atoms with E-state index < -0.39 is 29.9 Å². The minimum atomic E-state index is -0.973. The van der Waals surface area contributed by atoms with Crippen LogP contribution >= 0.6 is 0 Å². The Morgan fingerprint density at radius 2 is 1.47 bits per heavy atom. The van der Waals surface area contributed by atoms with Crippen molar-refractivity contribution in [1.82, 2.24) is 10.6 Å². The monoisotopic (exact) mass is 415 g/mol. The molecule has 164 valence electrons. The molecule has 0 unspecified atom stereocenters. The van der Waals surface area contributed by atoms with Crippen molar-refractivity contribution in [3.63, 3.8) is 0 Å². The highest BCUT2D eigenvalue weighted by Crippen LogP contribution is 2.11. The molecule has 3 atom stereocenters. The van der Waals surface area contributed by atoms with E-state index in [0.717, 1.165) is 5.56 Å². The number of carbonyl (C=O) groups excluding carboxylic acids is 3. The van der Waals surface area contributed by atoms with Gasteiger partial charge in [-0.05, 0) is 49.1 Å². The number of amides is 2. The second kappa shape index (κ2) is 12.6. The fourth-order valence-electron chi connectivity index (χ4n) is 3.13. The number of azide groups is 1. The summed E-state index contributed by atoms with van der Waals surface area (Å²) < 4.78 is 0. The molecule has 0 heterocycles. The van der Waals surface area contributed by atoms with Gasteiger partial charge in [-0.2, -0.15) is 0 Å². The van der Waals surface area contributed by atoms with Crippen LogP contribution in [0.1, 0.15) is 53.0 Å². The average Bonchev–Trinajstić information content (AvgIpc) is 2.66. The van der Waals surface area contributed by atoms with Gasteiger partial charge in [0, 0.05) is 4.91 Å². The Labute approximate surface area is 178 Å². The van der Waals surface area contributed by atoms with Crippen LogP contribution in [0.2, 0.25) is 0 Å². The molecule has 0 aliphatic carbocycles. The van der Waals surface area contributed by atoms with E-state index >= 15 is 0 Å². The summed E-state index contributed by atoms with van der Waals surface area (Å²) in [6.07, 6.45) is 1.16. The Kier molecular flexibility index (Phi) is 10.6. The molecule has 0 aliphatic heterocycles. The molecule has 2 N–H and O–H groups in total. The summed E-state index contributed by atoms with van der Waals surface area (Å²) in [5.41, 5.74) is 9.73. The lowest BCUT2D eigenvalue weighted by Gasteiger charge is -2.25. The van der Waals surface area contributed by atoms with Gasteiger partial charge in [0.05, 0.1) is 6.04 Å². The molecular formula is C22H33N5O3. The molecule has 0 bridgehead atoms. The number of carbonyl (C=O) groups is 3. The van der Waals surface area contributed by atoms with Crippen LogP contribution in [0.5, 0.6) is 0 Å². The number of hydrogen-bond acceptors (Lipinski definition) is 4. The third-order valence-electron chi connectivity index (χ3n) is 4.62. The zero-order chi connectivity index (χ0) is 22.7. The minimum Gasteiger partial charge on any atom is -0.345 e. The van der Waals surface area contributed by atoms with Gasteiger partial charge in [-0.1, -0.05) is 63.1 Å². The highest BCUT2D eigenvalue weighted by Gasteiger charge is 2.28. The molecule has 0 saturated heterocycles. The third-order valence-corrected chi connectivity index (χ3v) is 4.62. The summed E-state index contributed by atoms with van der Waals surface area (Å²) in [6, 6.07) is 6.83. The Morgan fingerprint density at radius 3 is 1.97 bits per heavy atom. The van der Waals surface area contributed by atoms with Crippen LogP contribution in [0, 0.1) is 11.8 Å². The van der Waals surface area contributed by atoms with Crippen molar-refractivity contribution in [1.29, 1.82) is 0 Å². The van der Waals surface area contributed by atoms with Crippen molar-refractivity contribution >= 4 is 17.6 Å². The molecule has 0 spiro atoms. The topological polar surface area (TPSA) is 124 Å². The molecule has 1 aromatic carbocycles. The first-order valence-electron chi connectivity index (χ1n) is 10.3. The molecule has 0 radical (unpaired) electrons. The highest BCUT2D eigenvalue weighted by molar-refractivity contribution is 5.93. The molecule has 2 amide bonds. The number of nitrogens with one attached hydrogen (secondary N) is 2. The zero-order valence-corrected chi connectivity index (χ0v) is 18.5. The molecule has 0 fully saturated rings. The van der Waals surface area contributed by atoms with E-state index in [4.69, 9.17) is 5.53 Å². The second-order valence-electron chi connectivity index (χ2n) is 8.40. The standard InChI is InChI=1S/C22H33N5O3/c1-14(2)11-18(16(5)28)24-21(29)19(12-15(3)4)25-22(30)20(26-27-23)13-17-9-7-6-8-10-17/h6-10,14-15,18-20H,11-13H2,1-5H3,(H,24,29)(H,25,30)/t18-,19-,20-/m0/s1. The van der Waals surface area contributed by atoms with Gasteiger partial charge in [0.15, 0.2) is 5.78 Å². The van der Waals surface area contributed by atoms with Crippen LogP contribution in [0.3, 0.4) is 0 Å². The number of ketones is 1. The number of rotatable bonds is 12. The van der Waals surface area contributed by atoms with Crippen molar-refractivity contribution in [2.45, 2.75) is 72.0 Å². The van der Waals surface area contributed by atoms with Crippen LogP contribution in [0.25, 0.3) is 10.4 Å². The lowest BCUT2D eigenvalue weighted by atomic mass is 9.98. The summed E-state index contributed by atoms with van der Waals surface area (Å²) in [6.45, 7) is 9.28. The maximum atomic E-state index is 12.9. The van der Waals surface area contributed by atoms with Gasteiger partial charge < -0.3 is 10.6 Å². The van der Waals surface area contributed by atoms with Gasteiger partial charge in [-0.3, -0.25) is 14.4 Å². The molecular weight excluding hydrogens is 382 g/mol. The summed E-state index contributed by atoms with van der Waals surface area (Å²) in [4.78, 5) is 40.4. The quantitative estimate of drug-likeness (QED) is 0.308. The first-order valence-corrected chi connectivity index (χ1v) is 10.3. The number of nitrogens with zero attached hydrogens (tertiary/aromatic N) is 3. The zero-order valence-electron chi connectivity index (χ0n) is 18.5. The Hall–Kier alpha value is -2.86. The van der Waals surface area contributed by atoms with Gasteiger partial charge in [0.1, 0.15) is 12.1 Å². The molecule has 0 aliphatic rings. The lowest BCUT2D eigenvalue weighted by Crippen LogP contribution is -2.53. The number of benzene rings is 1. The number of Topliss-reactive ketones (excluding diaryl/α,β-unsaturated/α-hetero) is 1. The maximum absolute atomic E-state index is 12.9. The van der Waals surface area contributed by atoms with Gasteiger partial charge in [0.25, 0.3) is 0 Å². The van der Waals surface area contributed by atoms with Crippen LogP contribution in [0.15, 0.2) is 35.4 Å². The summed E-state index contributed by atoms with van der Waals surface area (Å²) in [5, 5.41) is 9.12. The predicted molar refractivity (Wildman–Crippen MR) is 117 cm³/mol. The van der Waals surface area contributed by atoms with Gasteiger partial charge in [-0.15, -0.1) is 0 Å². The van der Waals surface area contributed by atoms with Crippen molar-refractivity contribution in [2.24, 2.45) is 17.0 Å². The first kappa shape index (κ1) is 25.2. The van der Waals surface area contributed by atoms with E-state index in [9.17, 15) is 14.4 Å². The van der Waals surface area contributed by atoms with Crippen molar-refractivity contribution in [2.75, 3.05) is 0 Å². The maximum Gasteiger partial charge on any atom is 0.243 e. The van der Waals surface area contributed by atoms with E-state index in [0.29, 0.717) is 12.8 Å². The summed E-state index contributed by atoms with van der Waals surface area (Å²) >= 11 is 0. The van der Waals surface area contributed by atoms with E-state index in [-0.39, 0.29) is 24.0 Å². The molecule has 1 rings (SSSR count). The molecule has 0 aromatic heterocycles. The SMILES string of the molecule is CC(=O)[C@H](CC(C)C)NC(=O)[C@H](CC(C)C)NC(=O)[C@H](Cc1ccccc1)N=[N+]=[N-]. The molecule has 8 nitrogen and oxygen atoms in total. The molecule has 8 heteroatoms. The van der Waals surface area contributed by atoms with Gasteiger partial charge >= 0.3 is 0 Å². The van der Waals surface area contributed by atoms with Gasteiger partial charge in [-0.25, -0.2) is 0 Å². The lowest BCUT2D eigenvalue weighted by molar-refractivity contribution is -0.132. The summed E-state index contributed by atoms with van der Waals surface area (Å²) in [5.74, 6) is -0.674. The van der Waals surface area contributed by atoms with E-state index in [1.54, 1.807) is 0 Å². The van der Waals surface area contributed by atoms with Crippen LogP contribution in [-0.4, -0.2) is 35.7 Å². The Balaban J connectivity index is 2.94. The number of hydrogen-bond donors (Lipinski definition) is 2. The first-order chi connectivity index (χ1) is 14.1. The second-order valence-corrected chi connectivity index (χ2v) is 8.40.